The summed E-state index contributed by atoms with van der Waals surface area (Å²) in [6, 6.07) is 7.94. The molecular formula is C15H20N4O2. The van der Waals surface area contributed by atoms with Crippen LogP contribution in [-0.2, 0) is 16.1 Å². The van der Waals surface area contributed by atoms with Gasteiger partial charge in [0, 0.05) is 26.3 Å². The molecule has 112 valence electrons. The second-order valence-electron chi connectivity index (χ2n) is 5.45. The summed E-state index contributed by atoms with van der Waals surface area (Å²) in [5.41, 5.74) is 7.39. The SMILES string of the molecule is NC1(C(=O)NCCn2cnc3ccccc32)CCOCC1. The fourth-order valence-corrected chi connectivity index (χ4v) is 2.62. The zero-order chi connectivity index (χ0) is 14.7. The maximum Gasteiger partial charge on any atom is 0.240 e. The fraction of sp³-hybridized carbons (Fsp3) is 0.467. The van der Waals surface area contributed by atoms with Gasteiger partial charge >= 0.3 is 0 Å². The average molecular weight is 288 g/mol. The predicted molar refractivity (Wildman–Crippen MR) is 79.7 cm³/mol. The first kappa shape index (κ1) is 14.0. The Morgan fingerprint density at radius 2 is 2.14 bits per heavy atom. The Labute approximate surface area is 123 Å². The molecular weight excluding hydrogens is 268 g/mol. The summed E-state index contributed by atoms with van der Waals surface area (Å²) < 4.78 is 7.28. The fourth-order valence-electron chi connectivity index (χ4n) is 2.62. The number of benzene rings is 1. The molecule has 0 radical (unpaired) electrons. The van der Waals surface area contributed by atoms with Crippen molar-refractivity contribution in [3.05, 3.63) is 30.6 Å². The lowest BCUT2D eigenvalue weighted by atomic mass is 9.90. The number of nitrogens with zero attached hydrogens (tertiary/aromatic N) is 2. The number of hydrogen-bond donors (Lipinski definition) is 2. The molecule has 1 aliphatic rings. The van der Waals surface area contributed by atoms with E-state index in [1.807, 2.05) is 28.8 Å². The van der Waals surface area contributed by atoms with Gasteiger partial charge < -0.3 is 20.4 Å². The molecule has 1 aromatic heterocycles. The zero-order valence-electron chi connectivity index (χ0n) is 11.9. The molecule has 1 aromatic carbocycles. The van der Waals surface area contributed by atoms with Crippen molar-refractivity contribution in [2.24, 2.45) is 5.73 Å². The molecule has 0 saturated carbocycles. The lowest BCUT2D eigenvalue weighted by Crippen LogP contribution is -2.57. The van der Waals surface area contributed by atoms with E-state index in [0.29, 0.717) is 39.1 Å². The minimum atomic E-state index is -0.782. The van der Waals surface area contributed by atoms with E-state index in [2.05, 4.69) is 10.3 Å². The highest BCUT2D eigenvalue weighted by Gasteiger charge is 2.35. The second kappa shape index (κ2) is 5.83. The van der Waals surface area contributed by atoms with Crippen LogP contribution in [0.15, 0.2) is 30.6 Å². The molecule has 21 heavy (non-hydrogen) atoms. The van der Waals surface area contributed by atoms with Gasteiger partial charge in [-0.15, -0.1) is 0 Å². The van der Waals surface area contributed by atoms with Gasteiger partial charge in [0.1, 0.15) is 0 Å². The Hall–Kier alpha value is -1.92. The summed E-state index contributed by atoms with van der Waals surface area (Å²) >= 11 is 0. The standard InChI is InChI=1S/C15H20N4O2/c16-15(5-9-21-10-6-15)14(20)17-7-8-19-11-18-12-3-1-2-4-13(12)19/h1-4,11H,5-10,16H2,(H,17,20). The number of hydrogen-bond acceptors (Lipinski definition) is 4. The molecule has 0 bridgehead atoms. The summed E-state index contributed by atoms with van der Waals surface area (Å²) in [6.45, 7) is 2.32. The van der Waals surface area contributed by atoms with Crippen LogP contribution in [0.5, 0.6) is 0 Å². The normalized spacial score (nSPS) is 17.8. The zero-order valence-corrected chi connectivity index (χ0v) is 11.9. The van der Waals surface area contributed by atoms with Crippen molar-refractivity contribution in [3.8, 4) is 0 Å². The molecule has 2 aromatic rings. The third-order valence-corrected chi connectivity index (χ3v) is 4.00. The van der Waals surface area contributed by atoms with Gasteiger partial charge in [0.05, 0.1) is 22.9 Å². The maximum atomic E-state index is 12.2. The summed E-state index contributed by atoms with van der Waals surface area (Å²) in [5.74, 6) is -0.0878. The number of nitrogens with one attached hydrogen (secondary N) is 1. The average Bonchev–Trinajstić information content (AvgIpc) is 2.91. The molecule has 0 spiro atoms. The third-order valence-electron chi connectivity index (χ3n) is 4.00. The van der Waals surface area contributed by atoms with Gasteiger partial charge in [0.25, 0.3) is 0 Å². The summed E-state index contributed by atoms with van der Waals surface area (Å²) in [7, 11) is 0. The Balaban J connectivity index is 1.57. The first-order chi connectivity index (χ1) is 10.2. The van der Waals surface area contributed by atoms with E-state index in [0.717, 1.165) is 11.0 Å². The Bertz CT molecular complexity index is 631. The predicted octanol–water partition coefficient (Wildman–Crippen LogP) is 0.660. The van der Waals surface area contributed by atoms with Gasteiger partial charge in [0.15, 0.2) is 0 Å². The number of imidazole rings is 1. The number of carbonyl (C=O) groups excluding carboxylic acids is 1. The molecule has 1 amide bonds. The van der Waals surface area contributed by atoms with Crippen LogP contribution in [0.25, 0.3) is 11.0 Å². The van der Waals surface area contributed by atoms with Crippen molar-refractivity contribution in [2.75, 3.05) is 19.8 Å². The number of carbonyl (C=O) groups is 1. The van der Waals surface area contributed by atoms with E-state index >= 15 is 0 Å². The Morgan fingerprint density at radius 3 is 2.95 bits per heavy atom. The molecule has 0 aliphatic carbocycles. The van der Waals surface area contributed by atoms with E-state index in [-0.39, 0.29) is 5.91 Å². The Kier molecular flexibility index (Phi) is 3.90. The second-order valence-corrected chi connectivity index (χ2v) is 5.45. The van der Waals surface area contributed by atoms with Crippen molar-refractivity contribution < 1.29 is 9.53 Å². The van der Waals surface area contributed by atoms with Gasteiger partial charge in [-0.05, 0) is 25.0 Å². The quantitative estimate of drug-likeness (QED) is 0.866. The molecule has 3 N–H and O–H groups in total. The molecule has 6 nitrogen and oxygen atoms in total. The minimum absolute atomic E-state index is 0.0878. The van der Waals surface area contributed by atoms with Crippen LogP contribution in [-0.4, -0.2) is 40.8 Å². The van der Waals surface area contributed by atoms with Gasteiger partial charge in [0.2, 0.25) is 5.91 Å². The van der Waals surface area contributed by atoms with Crippen LogP contribution in [0, 0.1) is 0 Å². The van der Waals surface area contributed by atoms with Crippen LogP contribution >= 0.6 is 0 Å². The number of rotatable bonds is 4. The van der Waals surface area contributed by atoms with Crippen molar-refractivity contribution in [3.63, 3.8) is 0 Å². The summed E-state index contributed by atoms with van der Waals surface area (Å²) in [5, 5.41) is 2.93. The van der Waals surface area contributed by atoms with Gasteiger partial charge in [-0.3, -0.25) is 4.79 Å². The molecule has 1 aliphatic heterocycles. The van der Waals surface area contributed by atoms with E-state index in [9.17, 15) is 4.79 Å². The lowest BCUT2D eigenvalue weighted by Gasteiger charge is -2.31. The van der Waals surface area contributed by atoms with Crippen molar-refractivity contribution in [1.29, 1.82) is 0 Å². The summed E-state index contributed by atoms with van der Waals surface area (Å²) in [4.78, 5) is 16.5. The first-order valence-corrected chi connectivity index (χ1v) is 7.24. The van der Waals surface area contributed by atoms with Gasteiger partial charge in [-0.25, -0.2) is 4.98 Å². The molecule has 2 heterocycles. The number of aromatic nitrogens is 2. The Morgan fingerprint density at radius 1 is 1.38 bits per heavy atom. The van der Waals surface area contributed by atoms with Crippen LogP contribution in [0.1, 0.15) is 12.8 Å². The van der Waals surface area contributed by atoms with E-state index in [1.165, 1.54) is 0 Å². The third kappa shape index (κ3) is 2.91. The number of ether oxygens (including phenoxy) is 1. The van der Waals surface area contributed by atoms with Crippen molar-refractivity contribution >= 4 is 16.9 Å². The van der Waals surface area contributed by atoms with Crippen LogP contribution < -0.4 is 11.1 Å². The lowest BCUT2D eigenvalue weighted by molar-refractivity contribution is -0.129. The number of para-hydroxylation sites is 2. The molecule has 1 saturated heterocycles. The monoisotopic (exact) mass is 288 g/mol. The topological polar surface area (TPSA) is 82.2 Å². The highest BCUT2D eigenvalue weighted by atomic mass is 16.5. The first-order valence-electron chi connectivity index (χ1n) is 7.24. The van der Waals surface area contributed by atoms with Gasteiger partial charge in [-0.1, -0.05) is 12.1 Å². The van der Waals surface area contributed by atoms with Crippen molar-refractivity contribution in [2.45, 2.75) is 24.9 Å². The van der Waals surface area contributed by atoms with E-state index in [4.69, 9.17) is 10.5 Å². The molecule has 0 unspecified atom stereocenters. The van der Waals surface area contributed by atoms with Crippen LogP contribution in [0.2, 0.25) is 0 Å². The molecule has 1 fully saturated rings. The number of fused-ring (bicyclic) bond motifs is 1. The van der Waals surface area contributed by atoms with Crippen molar-refractivity contribution in [1.82, 2.24) is 14.9 Å². The highest BCUT2D eigenvalue weighted by Crippen LogP contribution is 2.17. The largest absolute Gasteiger partial charge is 0.381 e. The van der Waals surface area contributed by atoms with Crippen LogP contribution in [0.3, 0.4) is 0 Å². The highest BCUT2D eigenvalue weighted by molar-refractivity contribution is 5.86. The summed E-state index contributed by atoms with van der Waals surface area (Å²) in [6.07, 6.45) is 2.95. The molecule has 3 rings (SSSR count). The van der Waals surface area contributed by atoms with E-state index < -0.39 is 5.54 Å². The minimum Gasteiger partial charge on any atom is -0.381 e. The molecule has 0 atom stereocenters. The smallest absolute Gasteiger partial charge is 0.240 e. The van der Waals surface area contributed by atoms with Crippen LogP contribution in [0.4, 0.5) is 0 Å². The van der Waals surface area contributed by atoms with Gasteiger partial charge in [-0.2, -0.15) is 0 Å². The number of amides is 1. The maximum absolute atomic E-state index is 12.2. The molecule has 6 heteroatoms. The van der Waals surface area contributed by atoms with E-state index in [1.54, 1.807) is 6.33 Å². The number of nitrogens with two attached hydrogens (primary N) is 1.